The molecule has 172 valence electrons. The molecule has 0 fully saturated rings. The maximum absolute atomic E-state index is 12.2. The van der Waals surface area contributed by atoms with Crippen LogP contribution in [-0.2, 0) is 14.3 Å². The molecule has 0 saturated heterocycles. The number of unbranched alkanes of at least 4 members (excludes halogenated alkanes) is 15. The van der Waals surface area contributed by atoms with Gasteiger partial charge in [0.05, 0.1) is 0 Å². The fourth-order valence-electron chi connectivity index (χ4n) is 3.84. The largest absolute Gasteiger partial charge is 0.462 e. The highest BCUT2D eigenvalue weighted by Crippen LogP contribution is 2.18. The van der Waals surface area contributed by atoms with Gasteiger partial charge in [0.15, 0.2) is 0 Å². The summed E-state index contributed by atoms with van der Waals surface area (Å²) in [4.78, 5) is 22.6. The van der Waals surface area contributed by atoms with Crippen molar-refractivity contribution in [1.29, 1.82) is 0 Å². The second-order valence-corrected chi connectivity index (χ2v) is 8.70. The molecule has 0 aromatic carbocycles. The smallest absolute Gasteiger partial charge is 0.306 e. The molecule has 3 heteroatoms. The maximum Gasteiger partial charge on any atom is 0.306 e. The van der Waals surface area contributed by atoms with E-state index < -0.39 is 0 Å². The minimum atomic E-state index is -0.0355. The van der Waals surface area contributed by atoms with Gasteiger partial charge in [0, 0.05) is 12.8 Å². The molecule has 0 aliphatic carbocycles. The Balaban J connectivity index is 4.01. The Labute approximate surface area is 181 Å². The van der Waals surface area contributed by atoms with E-state index in [4.69, 9.17) is 4.74 Å². The number of rotatable bonds is 23. The summed E-state index contributed by atoms with van der Waals surface area (Å²) in [7, 11) is 0. The third kappa shape index (κ3) is 21.7. The van der Waals surface area contributed by atoms with E-state index in [1.54, 1.807) is 0 Å². The fraction of sp³-hybridized carbons (Fsp3) is 0.923. The molecular formula is C26H50O3. The predicted molar refractivity (Wildman–Crippen MR) is 124 cm³/mol. The number of ether oxygens (including phenoxy) is 1. The maximum atomic E-state index is 12.2. The first kappa shape index (κ1) is 28.1. The molecule has 0 N–H and O–H groups in total. The van der Waals surface area contributed by atoms with Gasteiger partial charge in [-0.3, -0.25) is 4.79 Å². The SMILES string of the molecule is CCCCCCCCCCC(CCCCCCCC)OC(=O)CCCCCC=O. The van der Waals surface area contributed by atoms with E-state index in [-0.39, 0.29) is 12.1 Å². The van der Waals surface area contributed by atoms with Crippen LogP contribution in [-0.4, -0.2) is 18.4 Å². The van der Waals surface area contributed by atoms with Crippen LogP contribution in [0.3, 0.4) is 0 Å². The average Bonchev–Trinajstić information content (AvgIpc) is 2.72. The van der Waals surface area contributed by atoms with Crippen LogP contribution in [0.5, 0.6) is 0 Å². The van der Waals surface area contributed by atoms with Gasteiger partial charge >= 0.3 is 5.97 Å². The molecule has 0 aliphatic rings. The van der Waals surface area contributed by atoms with Crippen LogP contribution in [0.15, 0.2) is 0 Å². The zero-order valence-corrected chi connectivity index (χ0v) is 19.7. The van der Waals surface area contributed by atoms with E-state index in [9.17, 15) is 9.59 Å². The molecule has 0 spiro atoms. The number of hydrogen-bond acceptors (Lipinski definition) is 3. The summed E-state index contributed by atoms with van der Waals surface area (Å²) >= 11 is 0. The lowest BCUT2D eigenvalue weighted by Gasteiger charge is -2.18. The lowest BCUT2D eigenvalue weighted by Crippen LogP contribution is -2.18. The summed E-state index contributed by atoms with van der Waals surface area (Å²) in [5.41, 5.74) is 0. The minimum Gasteiger partial charge on any atom is -0.462 e. The molecule has 0 amide bonds. The second kappa shape index (κ2) is 23.4. The summed E-state index contributed by atoms with van der Waals surface area (Å²) in [5, 5.41) is 0. The molecule has 0 bridgehead atoms. The Morgan fingerprint density at radius 2 is 1.10 bits per heavy atom. The van der Waals surface area contributed by atoms with E-state index in [1.165, 1.54) is 89.9 Å². The summed E-state index contributed by atoms with van der Waals surface area (Å²) in [6, 6.07) is 0. The van der Waals surface area contributed by atoms with Gasteiger partial charge in [-0.15, -0.1) is 0 Å². The van der Waals surface area contributed by atoms with Crippen LogP contribution in [0.1, 0.15) is 149 Å². The molecular weight excluding hydrogens is 360 g/mol. The summed E-state index contributed by atoms with van der Waals surface area (Å²) in [6.07, 6.45) is 25.1. The first-order valence-electron chi connectivity index (χ1n) is 12.9. The summed E-state index contributed by atoms with van der Waals surface area (Å²) < 4.78 is 5.84. The molecule has 1 unspecified atom stereocenters. The molecule has 29 heavy (non-hydrogen) atoms. The number of aldehydes is 1. The van der Waals surface area contributed by atoms with Gasteiger partial charge in [-0.05, 0) is 38.5 Å². The Bertz CT molecular complexity index is 354. The van der Waals surface area contributed by atoms with Crippen LogP contribution in [0.25, 0.3) is 0 Å². The number of hydrogen-bond donors (Lipinski definition) is 0. The highest BCUT2D eigenvalue weighted by Gasteiger charge is 2.14. The Kier molecular flexibility index (Phi) is 22.7. The lowest BCUT2D eigenvalue weighted by atomic mass is 10.0. The monoisotopic (exact) mass is 410 g/mol. The highest BCUT2D eigenvalue weighted by atomic mass is 16.5. The van der Waals surface area contributed by atoms with Crippen molar-refractivity contribution in [2.24, 2.45) is 0 Å². The first-order valence-corrected chi connectivity index (χ1v) is 12.9. The summed E-state index contributed by atoms with van der Waals surface area (Å²) in [5.74, 6) is -0.0355. The van der Waals surface area contributed by atoms with Crippen molar-refractivity contribution in [3.8, 4) is 0 Å². The molecule has 0 radical (unpaired) electrons. The predicted octanol–water partition coefficient (Wildman–Crippen LogP) is 8.33. The third-order valence-corrected chi connectivity index (χ3v) is 5.76. The van der Waals surface area contributed by atoms with Crippen molar-refractivity contribution < 1.29 is 14.3 Å². The van der Waals surface area contributed by atoms with E-state index in [0.717, 1.165) is 38.4 Å². The molecule has 0 aliphatic heterocycles. The van der Waals surface area contributed by atoms with E-state index >= 15 is 0 Å². The van der Waals surface area contributed by atoms with Crippen molar-refractivity contribution in [1.82, 2.24) is 0 Å². The van der Waals surface area contributed by atoms with E-state index in [0.29, 0.717) is 12.8 Å². The van der Waals surface area contributed by atoms with Crippen molar-refractivity contribution in [2.45, 2.75) is 155 Å². The number of carbonyl (C=O) groups is 2. The van der Waals surface area contributed by atoms with Crippen molar-refractivity contribution >= 4 is 12.3 Å². The molecule has 1 atom stereocenters. The molecule has 0 heterocycles. The van der Waals surface area contributed by atoms with Gasteiger partial charge in [-0.1, -0.05) is 97.3 Å². The molecule has 0 aromatic heterocycles. The number of esters is 1. The minimum absolute atomic E-state index is 0.0355. The van der Waals surface area contributed by atoms with E-state index in [1.807, 2.05) is 0 Å². The van der Waals surface area contributed by atoms with Crippen molar-refractivity contribution in [3.05, 3.63) is 0 Å². The molecule has 0 aromatic rings. The average molecular weight is 411 g/mol. The lowest BCUT2D eigenvalue weighted by molar-refractivity contribution is -0.150. The zero-order chi connectivity index (χ0) is 21.4. The van der Waals surface area contributed by atoms with E-state index in [2.05, 4.69) is 13.8 Å². The van der Waals surface area contributed by atoms with Crippen LogP contribution in [0.4, 0.5) is 0 Å². The molecule has 3 nitrogen and oxygen atoms in total. The number of carbonyl (C=O) groups excluding carboxylic acids is 2. The summed E-state index contributed by atoms with van der Waals surface area (Å²) in [6.45, 7) is 4.51. The molecule has 0 saturated carbocycles. The van der Waals surface area contributed by atoms with Gasteiger partial charge in [-0.25, -0.2) is 0 Å². The van der Waals surface area contributed by atoms with Gasteiger partial charge < -0.3 is 9.53 Å². The van der Waals surface area contributed by atoms with Crippen LogP contribution < -0.4 is 0 Å². The Morgan fingerprint density at radius 3 is 1.59 bits per heavy atom. The van der Waals surface area contributed by atoms with Crippen LogP contribution >= 0.6 is 0 Å². The first-order chi connectivity index (χ1) is 14.2. The van der Waals surface area contributed by atoms with Gasteiger partial charge in [0.2, 0.25) is 0 Å². The fourth-order valence-corrected chi connectivity index (χ4v) is 3.84. The Morgan fingerprint density at radius 1 is 0.655 bits per heavy atom. The standard InChI is InChI=1S/C26H50O3/c1-3-5-7-9-11-12-14-18-22-25(21-17-13-10-8-6-4-2)29-26(28)23-19-15-16-20-24-27/h24-25H,3-23H2,1-2H3. The van der Waals surface area contributed by atoms with Crippen LogP contribution in [0, 0.1) is 0 Å². The Hall–Kier alpha value is -0.860. The highest BCUT2D eigenvalue weighted by molar-refractivity contribution is 5.69. The van der Waals surface area contributed by atoms with Gasteiger partial charge in [0.1, 0.15) is 12.4 Å². The third-order valence-electron chi connectivity index (χ3n) is 5.76. The normalized spacial score (nSPS) is 12.1. The van der Waals surface area contributed by atoms with Crippen molar-refractivity contribution in [2.75, 3.05) is 0 Å². The second-order valence-electron chi connectivity index (χ2n) is 8.70. The van der Waals surface area contributed by atoms with Gasteiger partial charge in [0.25, 0.3) is 0 Å². The van der Waals surface area contributed by atoms with Gasteiger partial charge in [-0.2, -0.15) is 0 Å². The topological polar surface area (TPSA) is 43.4 Å². The zero-order valence-electron chi connectivity index (χ0n) is 19.7. The van der Waals surface area contributed by atoms with Crippen molar-refractivity contribution in [3.63, 3.8) is 0 Å². The quantitative estimate of drug-likeness (QED) is 0.0965. The van der Waals surface area contributed by atoms with Crippen LogP contribution in [0.2, 0.25) is 0 Å². The molecule has 0 rings (SSSR count).